The second-order valence-corrected chi connectivity index (χ2v) is 5.00. The van der Waals surface area contributed by atoms with Gasteiger partial charge in [0.25, 0.3) is 0 Å². The quantitative estimate of drug-likeness (QED) is 0.826. The molecule has 5 nitrogen and oxygen atoms in total. The summed E-state index contributed by atoms with van der Waals surface area (Å²) in [5, 5.41) is 3.36. The van der Waals surface area contributed by atoms with E-state index in [0.717, 1.165) is 13.0 Å². The summed E-state index contributed by atoms with van der Waals surface area (Å²) in [4.78, 5) is 25.8. The van der Waals surface area contributed by atoms with Crippen LogP contribution in [0, 0.1) is 0 Å². The lowest BCUT2D eigenvalue weighted by molar-refractivity contribution is 0.0964. The summed E-state index contributed by atoms with van der Waals surface area (Å²) < 4.78 is 4.92. The first-order chi connectivity index (χ1) is 9.22. The van der Waals surface area contributed by atoms with E-state index in [1.807, 2.05) is 0 Å². The van der Waals surface area contributed by atoms with Crippen LogP contribution in [0.1, 0.15) is 36.0 Å². The minimum Gasteiger partial charge on any atom is -0.408 e. The number of hydrogen-bond acceptors (Lipinski definition) is 4. The lowest BCUT2D eigenvalue weighted by atomic mass is 9.97. The van der Waals surface area contributed by atoms with Gasteiger partial charge in [-0.25, -0.2) is 4.79 Å². The molecule has 1 aliphatic rings. The average Bonchev–Trinajstić information content (AvgIpc) is 2.78. The normalized spacial score (nSPS) is 19.7. The number of piperidine rings is 1. The minimum absolute atomic E-state index is 0.100. The molecule has 0 amide bonds. The van der Waals surface area contributed by atoms with Crippen molar-refractivity contribution < 1.29 is 9.21 Å². The summed E-state index contributed by atoms with van der Waals surface area (Å²) in [6.07, 6.45) is 3.93. The maximum absolute atomic E-state index is 12.2. The lowest BCUT2D eigenvalue weighted by Gasteiger charge is -2.22. The second-order valence-electron chi connectivity index (χ2n) is 5.00. The van der Waals surface area contributed by atoms with Crippen LogP contribution in [0.25, 0.3) is 11.1 Å². The molecule has 1 aliphatic heterocycles. The Morgan fingerprint density at radius 1 is 1.37 bits per heavy atom. The Bertz CT molecular complexity index is 650. The summed E-state index contributed by atoms with van der Waals surface area (Å²) in [5.74, 6) is -0.392. The molecule has 5 heteroatoms. The Balaban J connectivity index is 1.78. The van der Waals surface area contributed by atoms with E-state index < -0.39 is 5.76 Å². The maximum Gasteiger partial charge on any atom is 0.417 e. The van der Waals surface area contributed by atoms with E-state index in [9.17, 15) is 9.59 Å². The van der Waals surface area contributed by atoms with Crippen molar-refractivity contribution in [3.05, 3.63) is 34.3 Å². The molecule has 2 aromatic rings. The number of aromatic nitrogens is 1. The number of hydrogen-bond donors (Lipinski definition) is 2. The molecule has 0 saturated carbocycles. The predicted octanol–water partition coefficient (Wildman–Crippen LogP) is 1.84. The van der Waals surface area contributed by atoms with Crippen LogP contribution in [0.4, 0.5) is 0 Å². The lowest BCUT2D eigenvalue weighted by Crippen LogP contribution is -2.35. The molecule has 1 fully saturated rings. The molecule has 1 atom stereocenters. The van der Waals surface area contributed by atoms with E-state index in [1.165, 1.54) is 12.8 Å². The molecule has 2 N–H and O–H groups in total. The molecule has 0 aliphatic carbocycles. The van der Waals surface area contributed by atoms with Crippen LogP contribution in [-0.2, 0) is 0 Å². The molecule has 0 radical (unpaired) electrons. The zero-order chi connectivity index (χ0) is 13.2. The van der Waals surface area contributed by atoms with Crippen molar-refractivity contribution in [2.45, 2.75) is 31.7 Å². The van der Waals surface area contributed by atoms with Gasteiger partial charge in [-0.2, -0.15) is 0 Å². The average molecular weight is 260 g/mol. The second kappa shape index (κ2) is 5.01. The fourth-order valence-electron chi connectivity index (χ4n) is 2.57. The van der Waals surface area contributed by atoms with Crippen LogP contribution in [-0.4, -0.2) is 23.4 Å². The molecule has 3 rings (SSSR count). The number of benzene rings is 1. The first kappa shape index (κ1) is 12.2. The number of carbonyl (C=O) groups excluding carboxylic acids is 1. The molecule has 0 spiro atoms. The van der Waals surface area contributed by atoms with Crippen LogP contribution in [0.15, 0.2) is 27.4 Å². The van der Waals surface area contributed by atoms with Crippen molar-refractivity contribution >= 4 is 16.9 Å². The standard InChI is InChI=1S/C14H16N2O3/c17-12(8-10-3-1-2-6-15-10)9-4-5-13-11(7-9)16-14(18)19-13/h4-5,7,10,15H,1-3,6,8H2,(H,16,18). The first-order valence-electron chi connectivity index (χ1n) is 6.62. The van der Waals surface area contributed by atoms with E-state index in [-0.39, 0.29) is 11.8 Å². The number of fused-ring (bicyclic) bond motifs is 1. The molecular formula is C14H16N2O3. The SMILES string of the molecule is O=C(CC1CCCCN1)c1ccc2oc(=O)[nH]c2c1. The van der Waals surface area contributed by atoms with Gasteiger partial charge in [-0.1, -0.05) is 6.42 Å². The molecule has 1 aromatic carbocycles. The number of H-pyrrole nitrogens is 1. The molecule has 0 bridgehead atoms. The zero-order valence-electron chi connectivity index (χ0n) is 10.6. The fourth-order valence-corrected chi connectivity index (χ4v) is 2.57. The van der Waals surface area contributed by atoms with Crippen LogP contribution < -0.4 is 11.1 Å². The summed E-state index contributed by atoms with van der Waals surface area (Å²) >= 11 is 0. The third kappa shape index (κ3) is 2.61. The Labute approximate surface area is 110 Å². The number of ketones is 1. The number of aromatic amines is 1. The largest absolute Gasteiger partial charge is 0.417 e. The number of oxazole rings is 1. The number of carbonyl (C=O) groups is 1. The first-order valence-corrected chi connectivity index (χ1v) is 6.62. The Kier molecular flexibility index (Phi) is 3.21. The van der Waals surface area contributed by atoms with Crippen molar-refractivity contribution in [3.8, 4) is 0 Å². The fraction of sp³-hybridized carbons (Fsp3) is 0.429. The Morgan fingerprint density at radius 3 is 3.05 bits per heavy atom. The Morgan fingerprint density at radius 2 is 2.26 bits per heavy atom. The summed E-state index contributed by atoms with van der Waals surface area (Å²) in [7, 11) is 0. The van der Waals surface area contributed by atoms with Crippen molar-refractivity contribution in [3.63, 3.8) is 0 Å². The molecule has 100 valence electrons. The zero-order valence-corrected chi connectivity index (χ0v) is 10.6. The van der Waals surface area contributed by atoms with Gasteiger partial charge in [-0.05, 0) is 37.6 Å². The van der Waals surface area contributed by atoms with Gasteiger partial charge in [0.15, 0.2) is 11.4 Å². The molecule has 1 unspecified atom stereocenters. The van der Waals surface area contributed by atoms with Crippen LogP contribution in [0.2, 0.25) is 0 Å². The van der Waals surface area contributed by atoms with E-state index in [0.29, 0.717) is 23.1 Å². The highest BCUT2D eigenvalue weighted by molar-refractivity contribution is 5.98. The van der Waals surface area contributed by atoms with Crippen LogP contribution >= 0.6 is 0 Å². The molecule has 1 saturated heterocycles. The van der Waals surface area contributed by atoms with Crippen LogP contribution in [0.3, 0.4) is 0 Å². The highest BCUT2D eigenvalue weighted by Crippen LogP contribution is 2.17. The van der Waals surface area contributed by atoms with Gasteiger partial charge in [-0.15, -0.1) is 0 Å². The van der Waals surface area contributed by atoms with Gasteiger partial charge in [0.1, 0.15) is 0 Å². The van der Waals surface area contributed by atoms with E-state index in [2.05, 4.69) is 10.3 Å². The number of nitrogens with one attached hydrogen (secondary N) is 2. The number of rotatable bonds is 3. The van der Waals surface area contributed by atoms with E-state index >= 15 is 0 Å². The summed E-state index contributed by atoms with van der Waals surface area (Å²) in [6, 6.07) is 5.34. The molecule has 2 heterocycles. The molecule has 19 heavy (non-hydrogen) atoms. The summed E-state index contributed by atoms with van der Waals surface area (Å²) in [5.41, 5.74) is 1.68. The molecule has 1 aromatic heterocycles. The van der Waals surface area contributed by atoms with Gasteiger partial charge in [-0.3, -0.25) is 9.78 Å². The predicted molar refractivity (Wildman–Crippen MR) is 71.4 cm³/mol. The van der Waals surface area contributed by atoms with E-state index in [1.54, 1.807) is 18.2 Å². The number of Topliss-reactive ketones (excluding diaryl/α,β-unsaturated/α-hetero) is 1. The van der Waals surface area contributed by atoms with Gasteiger partial charge >= 0.3 is 5.76 Å². The van der Waals surface area contributed by atoms with Gasteiger partial charge in [0.2, 0.25) is 0 Å². The van der Waals surface area contributed by atoms with Gasteiger partial charge in [0, 0.05) is 18.0 Å². The van der Waals surface area contributed by atoms with Crippen molar-refractivity contribution in [1.29, 1.82) is 0 Å². The van der Waals surface area contributed by atoms with Gasteiger partial charge < -0.3 is 9.73 Å². The van der Waals surface area contributed by atoms with Crippen molar-refractivity contribution in [1.82, 2.24) is 10.3 Å². The minimum atomic E-state index is -0.492. The monoisotopic (exact) mass is 260 g/mol. The highest BCUT2D eigenvalue weighted by atomic mass is 16.4. The third-order valence-electron chi connectivity index (χ3n) is 3.59. The highest BCUT2D eigenvalue weighted by Gasteiger charge is 2.17. The third-order valence-corrected chi connectivity index (χ3v) is 3.59. The smallest absolute Gasteiger partial charge is 0.408 e. The van der Waals surface area contributed by atoms with Crippen LogP contribution in [0.5, 0.6) is 0 Å². The van der Waals surface area contributed by atoms with Gasteiger partial charge in [0.05, 0.1) is 5.52 Å². The Hall–Kier alpha value is -1.88. The van der Waals surface area contributed by atoms with Crippen molar-refractivity contribution in [2.24, 2.45) is 0 Å². The maximum atomic E-state index is 12.2. The van der Waals surface area contributed by atoms with E-state index in [4.69, 9.17) is 4.42 Å². The molecular weight excluding hydrogens is 244 g/mol. The van der Waals surface area contributed by atoms with Crippen molar-refractivity contribution in [2.75, 3.05) is 6.54 Å². The topological polar surface area (TPSA) is 75.1 Å². The summed E-state index contributed by atoms with van der Waals surface area (Å²) in [6.45, 7) is 0.992.